The SMILES string of the molecule is COc1cc2nc(CN3CCN(CC(C)C)C(=O)C3C)[nH]c(=O)c2cc1OC. The predicted octanol–water partition coefficient (Wildman–Crippen LogP) is 1.63. The topological polar surface area (TPSA) is 87.8 Å². The molecular formula is C20H28N4O4. The lowest BCUT2D eigenvalue weighted by Gasteiger charge is -2.39. The van der Waals surface area contributed by atoms with Crippen molar-refractivity contribution >= 4 is 16.8 Å². The van der Waals surface area contributed by atoms with E-state index >= 15 is 0 Å². The van der Waals surface area contributed by atoms with Crippen molar-refractivity contribution in [1.29, 1.82) is 0 Å². The van der Waals surface area contributed by atoms with Crippen LogP contribution >= 0.6 is 0 Å². The van der Waals surface area contributed by atoms with Crippen LogP contribution in [0.25, 0.3) is 10.9 Å². The van der Waals surface area contributed by atoms with Gasteiger partial charge in [-0.1, -0.05) is 13.8 Å². The molecule has 1 aliphatic heterocycles. The summed E-state index contributed by atoms with van der Waals surface area (Å²) < 4.78 is 10.6. The Balaban J connectivity index is 1.85. The van der Waals surface area contributed by atoms with E-state index in [1.54, 1.807) is 19.2 Å². The Bertz CT molecular complexity index is 924. The first-order chi connectivity index (χ1) is 13.3. The van der Waals surface area contributed by atoms with Crippen LogP contribution in [-0.4, -0.2) is 65.6 Å². The molecule has 1 aromatic carbocycles. The molecule has 1 unspecified atom stereocenters. The monoisotopic (exact) mass is 388 g/mol. The van der Waals surface area contributed by atoms with Crippen LogP contribution < -0.4 is 15.0 Å². The average Bonchev–Trinajstić information content (AvgIpc) is 2.66. The maximum atomic E-state index is 12.7. The van der Waals surface area contributed by atoms with E-state index in [1.165, 1.54) is 7.11 Å². The fourth-order valence-electron chi connectivity index (χ4n) is 3.59. The van der Waals surface area contributed by atoms with Gasteiger partial charge in [0.05, 0.1) is 37.7 Å². The minimum atomic E-state index is -0.251. The van der Waals surface area contributed by atoms with Gasteiger partial charge < -0.3 is 19.4 Å². The fraction of sp³-hybridized carbons (Fsp3) is 0.550. The van der Waals surface area contributed by atoms with Crippen molar-refractivity contribution in [3.63, 3.8) is 0 Å². The van der Waals surface area contributed by atoms with E-state index in [0.29, 0.717) is 47.2 Å². The Morgan fingerprint density at radius 1 is 1.18 bits per heavy atom. The van der Waals surface area contributed by atoms with Crippen molar-refractivity contribution in [3.8, 4) is 11.5 Å². The minimum Gasteiger partial charge on any atom is -0.493 e. The minimum absolute atomic E-state index is 0.120. The Morgan fingerprint density at radius 3 is 2.50 bits per heavy atom. The number of methoxy groups -OCH3 is 2. The number of piperazine rings is 1. The molecule has 2 heterocycles. The maximum Gasteiger partial charge on any atom is 0.258 e. The number of hydrogen-bond acceptors (Lipinski definition) is 6. The van der Waals surface area contributed by atoms with Gasteiger partial charge in [0.2, 0.25) is 5.91 Å². The van der Waals surface area contributed by atoms with Crippen LogP contribution in [0.1, 0.15) is 26.6 Å². The van der Waals surface area contributed by atoms with Crippen LogP contribution in [0.2, 0.25) is 0 Å². The van der Waals surface area contributed by atoms with Crippen LogP contribution in [0.3, 0.4) is 0 Å². The largest absolute Gasteiger partial charge is 0.493 e. The molecule has 152 valence electrons. The molecular weight excluding hydrogens is 360 g/mol. The number of carbonyl (C=O) groups is 1. The van der Waals surface area contributed by atoms with Gasteiger partial charge in [0, 0.05) is 25.7 Å². The number of amides is 1. The van der Waals surface area contributed by atoms with Gasteiger partial charge in [-0.25, -0.2) is 4.98 Å². The number of rotatable bonds is 6. The van der Waals surface area contributed by atoms with Crippen LogP contribution in [0.5, 0.6) is 11.5 Å². The van der Waals surface area contributed by atoms with E-state index in [-0.39, 0.29) is 17.5 Å². The molecule has 0 spiro atoms. The molecule has 1 amide bonds. The number of carbonyl (C=O) groups excluding carboxylic acids is 1. The number of aromatic amines is 1. The Morgan fingerprint density at radius 2 is 1.86 bits per heavy atom. The van der Waals surface area contributed by atoms with Crippen molar-refractivity contribution in [2.75, 3.05) is 33.9 Å². The number of ether oxygens (including phenoxy) is 2. The summed E-state index contributed by atoms with van der Waals surface area (Å²) in [6.45, 7) is 8.72. The van der Waals surface area contributed by atoms with Gasteiger partial charge in [-0.2, -0.15) is 0 Å². The summed E-state index contributed by atoms with van der Waals surface area (Å²) in [5, 5.41) is 0.437. The molecule has 2 aromatic rings. The van der Waals surface area contributed by atoms with Crippen molar-refractivity contribution < 1.29 is 14.3 Å². The molecule has 1 atom stereocenters. The summed E-state index contributed by atoms with van der Waals surface area (Å²) in [7, 11) is 3.07. The average molecular weight is 388 g/mol. The molecule has 1 aromatic heterocycles. The van der Waals surface area contributed by atoms with Crippen LogP contribution in [-0.2, 0) is 11.3 Å². The molecule has 1 aliphatic rings. The Labute approximate surface area is 164 Å². The van der Waals surface area contributed by atoms with E-state index in [1.807, 2.05) is 16.7 Å². The summed E-state index contributed by atoms with van der Waals surface area (Å²) in [6.07, 6.45) is 0. The van der Waals surface area contributed by atoms with Gasteiger partial charge in [-0.15, -0.1) is 0 Å². The first kappa shape index (κ1) is 20.1. The molecule has 8 heteroatoms. The summed E-state index contributed by atoms with van der Waals surface area (Å²) in [6, 6.07) is 3.07. The molecule has 1 N–H and O–H groups in total. The Kier molecular flexibility index (Phi) is 5.88. The molecule has 0 radical (unpaired) electrons. The van der Waals surface area contributed by atoms with Crippen LogP contribution in [0, 0.1) is 5.92 Å². The third kappa shape index (κ3) is 3.96. The second kappa shape index (κ2) is 8.18. The molecule has 1 fully saturated rings. The van der Waals surface area contributed by atoms with Crippen LogP contribution in [0.4, 0.5) is 0 Å². The number of benzene rings is 1. The lowest BCUT2D eigenvalue weighted by atomic mass is 10.1. The lowest BCUT2D eigenvalue weighted by molar-refractivity contribution is -0.142. The van der Waals surface area contributed by atoms with E-state index < -0.39 is 0 Å². The zero-order chi connectivity index (χ0) is 20.4. The highest BCUT2D eigenvalue weighted by molar-refractivity contribution is 5.83. The molecule has 1 saturated heterocycles. The normalized spacial score (nSPS) is 18.1. The summed E-state index contributed by atoms with van der Waals surface area (Å²) in [5.74, 6) is 2.09. The van der Waals surface area contributed by atoms with Gasteiger partial charge in [-0.3, -0.25) is 14.5 Å². The van der Waals surface area contributed by atoms with Gasteiger partial charge in [0.15, 0.2) is 11.5 Å². The van der Waals surface area contributed by atoms with E-state index in [4.69, 9.17) is 9.47 Å². The van der Waals surface area contributed by atoms with Gasteiger partial charge >= 0.3 is 0 Å². The molecule has 0 aliphatic carbocycles. The number of H-pyrrole nitrogens is 1. The van der Waals surface area contributed by atoms with Gasteiger partial charge in [-0.05, 0) is 18.9 Å². The molecule has 28 heavy (non-hydrogen) atoms. The number of nitrogens with zero attached hydrogens (tertiary/aromatic N) is 3. The first-order valence-electron chi connectivity index (χ1n) is 9.51. The zero-order valence-electron chi connectivity index (χ0n) is 17.1. The first-order valence-corrected chi connectivity index (χ1v) is 9.51. The third-order valence-corrected chi connectivity index (χ3v) is 5.07. The quantitative estimate of drug-likeness (QED) is 0.809. The van der Waals surface area contributed by atoms with E-state index in [0.717, 1.165) is 13.1 Å². The number of fused-ring (bicyclic) bond motifs is 1. The van der Waals surface area contributed by atoms with Crippen molar-refractivity contribution in [2.24, 2.45) is 5.92 Å². The second-order valence-corrected chi connectivity index (χ2v) is 7.56. The summed E-state index contributed by atoms with van der Waals surface area (Å²) in [5.41, 5.74) is 0.298. The zero-order valence-corrected chi connectivity index (χ0v) is 17.1. The molecule has 0 saturated carbocycles. The van der Waals surface area contributed by atoms with Crippen molar-refractivity contribution in [3.05, 3.63) is 28.3 Å². The van der Waals surface area contributed by atoms with E-state index in [2.05, 4.69) is 23.8 Å². The van der Waals surface area contributed by atoms with Gasteiger partial charge in [0.25, 0.3) is 5.56 Å². The Hall–Kier alpha value is -2.61. The highest BCUT2D eigenvalue weighted by atomic mass is 16.5. The number of aromatic nitrogens is 2. The summed E-state index contributed by atoms with van der Waals surface area (Å²) >= 11 is 0. The standard InChI is InChI=1S/C20H28N4O4/c1-12(2)10-24-7-6-23(13(3)20(24)26)11-18-21-15-9-17(28-5)16(27-4)8-14(15)19(25)22-18/h8-9,12-13H,6-7,10-11H2,1-5H3,(H,21,22,25). The lowest BCUT2D eigenvalue weighted by Crippen LogP contribution is -2.56. The highest BCUT2D eigenvalue weighted by Crippen LogP contribution is 2.30. The van der Waals surface area contributed by atoms with Gasteiger partial charge in [0.1, 0.15) is 5.82 Å². The molecule has 8 nitrogen and oxygen atoms in total. The van der Waals surface area contributed by atoms with Crippen molar-refractivity contribution in [1.82, 2.24) is 19.8 Å². The number of nitrogens with one attached hydrogen (secondary N) is 1. The summed E-state index contributed by atoms with van der Waals surface area (Å²) in [4.78, 5) is 36.6. The second-order valence-electron chi connectivity index (χ2n) is 7.56. The fourth-order valence-corrected chi connectivity index (χ4v) is 3.59. The predicted molar refractivity (Wildman–Crippen MR) is 107 cm³/mol. The smallest absolute Gasteiger partial charge is 0.258 e. The third-order valence-electron chi connectivity index (χ3n) is 5.07. The maximum absolute atomic E-state index is 12.7. The highest BCUT2D eigenvalue weighted by Gasteiger charge is 2.32. The number of hydrogen-bond donors (Lipinski definition) is 1. The van der Waals surface area contributed by atoms with E-state index in [9.17, 15) is 9.59 Å². The molecule has 0 bridgehead atoms. The van der Waals surface area contributed by atoms with Crippen molar-refractivity contribution in [2.45, 2.75) is 33.4 Å². The van der Waals surface area contributed by atoms with Crippen LogP contribution in [0.15, 0.2) is 16.9 Å². The molecule has 3 rings (SSSR count).